The number of ether oxygens (including phenoxy) is 3. The van der Waals surface area contributed by atoms with Crippen molar-refractivity contribution in [2.45, 2.75) is 30.8 Å². The SMILES string of the molecule is COc1ccc([C@H](OC)[C@H](Br)C(=O)N2C(=O)OC[C@@H]2C(C)C)cc1. The van der Waals surface area contributed by atoms with E-state index >= 15 is 0 Å². The zero-order valence-electron chi connectivity index (χ0n) is 14.2. The maximum Gasteiger partial charge on any atom is 0.417 e. The number of alkyl halides is 1. The van der Waals surface area contributed by atoms with Gasteiger partial charge >= 0.3 is 6.09 Å². The summed E-state index contributed by atoms with van der Waals surface area (Å²) in [6.45, 7) is 4.13. The van der Waals surface area contributed by atoms with E-state index < -0.39 is 17.0 Å². The molecule has 0 saturated carbocycles. The fraction of sp³-hybridized carbons (Fsp3) is 0.529. The van der Waals surface area contributed by atoms with Crippen LogP contribution in [0.2, 0.25) is 0 Å². The highest BCUT2D eigenvalue weighted by atomic mass is 79.9. The molecule has 0 radical (unpaired) electrons. The summed E-state index contributed by atoms with van der Waals surface area (Å²) in [5.74, 6) is 0.468. The molecule has 1 aromatic rings. The molecule has 0 spiro atoms. The van der Waals surface area contributed by atoms with Gasteiger partial charge in [-0.3, -0.25) is 4.79 Å². The summed E-state index contributed by atoms with van der Waals surface area (Å²) in [4.78, 5) is 25.3. The quantitative estimate of drug-likeness (QED) is 0.687. The third kappa shape index (κ3) is 3.72. The lowest BCUT2D eigenvalue weighted by atomic mass is 10.0. The largest absolute Gasteiger partial charge is 0.497 e. The molecule has 0 aromatic heterocycles. The molecule has 7 heteroatoms. The van der Waals surface area contributed by atoms with E-state index in [1.54, 1.807) is 19.2 Å². The van der Waals surface area contributed by atoms with Crippen LogP contribution in [-0.4, -0.2) is 48.6 Å². The highest BCUT2D eigenvalue weighted by molar-refractivity contribution is 9.10. The van der Waals surface area contributed by atoms with Gasteiger partial charge in [0.15, 0.2) is 0 Å². The number of nitrogens with zero attached hydrogens (tertiary/aromatic N) is 1. The molecule has 1 saturated heterocycles. The summed E-state index contributed by atoms with van der Waals surface area (Å²) in [5.41, 5.74) is 0.808. The van der Waals surface area contributed by atoms with Crippen LogP contribution >= 0.6 is 15.9 Å². The van der Waals surface area contributed by atoms with E-state index in [9.17, 15) is 9.59 Å². The molecule has 1 fully saturated rings. The molecule has 6 nitrogen and oxygen atoms in total. The first-order valence-electron chi connectivity index (χ1n) is 7.71. The van der Waals surface area contributed by atoms with Crippen molar-refractivity contribution >= 4 is 27.9 Å². The van der Waals surface area contributed by atoms with Crippen molar-refractivity contribution in [3.05, 3.63) is 29.8 Å². The van der Waals surface area contributed by atoms with Crippen molar-refractivity contribution in [3.8, 4) is 5.75 Å². The van der Waals surface area contributed by atoms with Crippen molar-refractivity contribution in [1.29, 1.82) is 0 Å². The molecule has 2 amide bonds. The average molecular weight is 400 g/mol. The second kappa shape index (κ2) is 7.98. The molecule has 0 bridgehead atoms. The molecule has 0 N–H and O–H groups in total. The van der Waals surface area contributed by atoms with E-state index in [1.807, 2.05) is 26.0 Å². The number of carbonyl (C=O) groups excluding carboxylic acids is 2. The third-order valence-electron chi connectivity index (χ3n) is 4.11. The topological polar surface area (TPSA) is 65.1 Å². The van der Waals surface area contributed by atoms with Crippen molar-refractivity contribution in [3.63, 3.8) is 0 Å². The summed E-state index contributed by atoms with van der Waals surface area (Å²) in [7, 11) is 3.11. The standard InChI is InChI=1S/C17H22BrNO5/c1-10(2)13-9-24-17(21)19(13)16(20)14(18)15(23-4)11-5-7-12(22-3)8-6-11/h5-8,10,13-15H,9H2,1-4H3/t13-,14+,15+/m1/s1. The first kappa shape index (κ1) is 18.7. The number of carbonyl (C=O) groups is 2. The molecule has 24 heavy (non-hydrogen) atoms. The molecule has 0 unspecified atom stereocenters. The fourth-order valence-electron chi connectivity index (χ4n) is 2.66. The Kier molecular flexibility index (Phi) is 6.23. The van der Waals surface area contributed by atoms with Crippen LogP contribution in [0.1, 0.15) is 25.5 Å². The van der Waals surface area contributed by atoms with Gasteiger partial charge in [0.1, 0.15) is 23.3 Å². The van der Waals surface area contributed by atoms with Gasteiger partial charge in [-0.2, -0.15) is 0 Å². The van der Waals surface area contributed by atoms with E-state index in [2.05, 4.69) is 15.9 Å². The van der Waals surface area contributed by atoms with Crippen LogP contribution in [0.4, 0.5) is 4.79 Å². The fourth-order valence-corrected chi connectivity index (χ4v) is 3.40. The van der Waals surface area contributed by atoms with Crippen LogP contribution in [0, 0.1) is 5.92 Å². The Morgan fingerprint density at radius 1 is 1.29 bits per heavy atom. The Bertz CT molecular complexity index is 589. The zero-order chi connectivity index (χ0) is 17.9. The molecule has 1 aromatic carbocycles. The normalized spacial score (nSPS) is 20.0. The van der Waals surface area contributed by atoms with Gasteiger partial charge in [-0.15, -0.1) is 0 Å². The number of rotatable bonds is 6. The second-order valence-electron chi connectivity index (χ2n) is 5.93. The minimum atomic E-state index is -0.706. The van der Waals surface area contributed by atoms with Crippen molar-refractivity contribution < 1.29 is 23.8 Å². The first-order chi connectivity index (χ1) is 11.4. The summed E-state index contributed by atoms with van der Waals surface area (Å²) in [6.07, 6.45) is -1.14. The number of halogens is 1. The van der Waals surface area contributed by atoms with Gasteiger partial charge in [-0.05, 0) is 23.6 Å². The predicted octanol–water partition coefficient (Wildman–Crippen LogP) is 3.15. The lowest BCUT2D eigenvalue weighted by Crippen LogP contribution is -2.46. The van der Waals surface area contributed by atoms with Crippen LogP contribution in [0.15, 0.2) is 24.3 Å². The third-order valence-corrected chi connectivity index (χ3v) is 4.98. The van der Waals surface area contributed by atoms with Gasteiger partial charge in [-0.1, -0.05) is 41.9 Å². The smallest absolute Gasteiger partial charge is 0.417 e. The summed E-state index contributed by atoms with van der Waals surface area (Å²) < 4.78 is 15.7. The second-order valence-corrected chi connectivity index (χ2v) is 6.91. The molecule has 2 rings (SSSR count). The Hall–Kier alpha value is -1.60. The molecule has 132 valence electrons. The van der Waals surface area contributed by atoms with Crippen LogP contribution in [0.5, 0.6) is 5.75 Å². The van der Waals surface area contributed by atoms with E-state index in [-0.39, 0.29) is 24.5 Å². The Balaban J connectivity index is 2.21. The first-order valence-corrected chi connectivity index (χ1v) is 8.63. The number of benzene rings is 1. The van der Waals surface area contributed by atoms with E-state index in [0.717, 1.165) is 5.56 Å². The number of imide groups is 1. The summed E-state index contributed by atoms with van der Waals surface area (Å²) >= 11 is 3.40. The number of methoxy groups -OCH3 is 2. The van der Waals surface area contributed by atoms with Crippen LogP contribution in [-0.2, 0) is 14.3 Å². The number of hydrogen-bond acceptors (Lipinski definition) is 5. The van der Waals surface area contributed by atoms with Gasteiger partial charge < -0.3 is 14.2 Å². The van der Waals surface area contributed by atoms with Gasteiger partial charge in [0, 0.05) is 7.11 Å². The van der Waals surface area contributed by atoms with Crippen molar-refractivity contribution in [1.82, 2.24) is 4.90 Å². The molecule has 1 aliphatic heterocycles. The molecule has 0 aliphatic carbocycles. The van der Waals surface area contributed by atoms with Gasteiger partial charge in [0.05, 0.1) is 13.2 Å². The van der Waals surface area contributed by atoms with Crippen molar-refractivity contribution in [2.75, 3.05) is 20.8 Å². The van der Waals surface area contributed by atoms with Gasteiger partial charge in [0.25, 0.3) is 0 Å². The Morgan fingerprint density at radius 2 is 1.92 bits per heavy atom. The van der Waals surface area contributed by atoms with Crippen LogP contribution < -0.4 is 4.74 Å². The average Bonchev–Trinajstić information content (AvgIpc) is 2.97. The van der Waals surface area contributed by atoms with Crippen LogP contribution in [0.25, 0.3) is 0 Å². The highest BCUT2D eigenvalue weighted by Gasteiger charge is 2.43. The molecule has 1 aliphatic rings. The van der Waals surface area contributed by atoms with Crippen molar-refractivity contribution in [2.24, 2.45) is 5.92 Å². The van der Waals surface area contributed by atoms with E-state index in [4.69, 9.17) is 14.2 Å². The predicted molar refractivity (Wildman–Crippen MR) is 92.3 cm³/mol. The highest BCUT2D eigenvalue weighted by Crippen LogP contribution is 2.31. The number of hydrogen-bond donors (Lipinski definition) is 0. The Labute approximate surface area is 150 Å². The Morgan fingerprint density at radius 3 is 2.42 bits per heavy atom. The molecule has 3 atom stereocenters. The van der Waals surface area contributed by atoms with Crippen LogP contribution in [0.3, 0.4) is 0 Å². The monoisotopic (exact) mass is 399 g/mol. The molecular formula is C17H22BrNO5. The van der Waals surface area contributed by atoms with Gasteiger partial charge in [0.2, 0.25) is 5.91 Å². The minimum Gasteiger partial charge on any atom is -0.497 e. The summed E-state index contributed by atoms with van der Waals surface area (Å²) in [6, 6.07) is 6.99. The lowest BCUT2D eigenvalue weighted by Gasteiger charge is -2.28. The number of cyclic esters (lactones) is 1. The van der Waals surface area contributed by atoms with E-state index in [1.165, 1.54) is 12.0 Å². The minimum absolute atomic E-state index is 0.113. The lowest BCUT2D eigenvalue weighted by molar-refractivity contribution is -0.131. The molecule has 1 heterocycles. The zero-order valence-corrected chi connectivity index (χ0v) is 15.8. The van der Waals surface area contributed by atoms with E-state index in [0.29, 0.717) is 5.75 Å². The maximum atomic E-state index is 12.8. The number of amides is 2. The van der Waals surface area contributed by atoms with Gasteiger partial charge in [-0.25, -0.2) is 9.69 Å². The molecular weight excluding hydrogens is 378 g/mol. The summed E-state index contributed by atoms with van der Waals surface area (Å²) in [5, 5.41) is 0. The maximum absolute atomic E-state index is 12.8.